The predicted octanol–water partition coefficient (Wildman–Crippen LogP) is -0.195. The van der Waals surface area contributed by atoms with Crippen molar-refractivity contribution in [3.05, 3.63) is 0 Å². The molecule has 0 aromatic heterocycles. The van der Waals surface area contributed by atoms with Gasteiger partial charge in [0.1, 0.15) is 0 Å². The van der Waals surface area contributed by atoms with Crippen molar-refractivity contribution in [1.29, 1.82) is 0 Å². The molecule has 1 aliphatic carbocycles. The van der Waals surface area contributed by atoms with Crippen molar-refractivity contribution in [2.75, 3.05) is 26.2 Å². The maximum Gasteiger partial charge on any atom is 0.239 e. The van der Waals surface area contributed by atoms with Crippen molar-refractivity contribution in [3.8, 4) is 0 Å². The maximum atomic E-state index is 11.8. The van der Waals surface area contributed by atoms with Crippen molar-refractivity contribution in [1.82, 2.24) is 9.80 Å². The lowest BCUT2D eigenvalue weighted by molar-refractivity contribution is -0.141. The molecule has 0 aromatic carbocycles. The molecule has 2 N–H and O–H groups in total. The third kappa shape index (κ3) is 2.77. The van der Waals surface area contributed by atoms with Crippen LogP contribution in [-0.4, -0.2) is 53.8 Å². The lowest BCUT2D eigenvalue weighted by Crippen LogP contribution is -2.54. The van der Waals surface area contributed by atoms with E-state index in [9.17, 15) is 9.59 Å². The van der Waals surface area contributed by atoms with Gasteiger partial charge in [0.2, 0.25) is 11.8 Å². The van der Waals surface area contributed by atoms with Crippen LogP contribution < -0.4 is 5.73 Å². The van der Waals surface area contributed by atoms with Gasteiger partial charge in [-0.3, -0.25) is 9.59 Å². The van der Waals surface area contributed by atoms with E-state index in [-0.39, 0.29) is 23.8 Å². The predicted molar refractivity (Wildman–Crippen MR) is 64.2 cm³/mol. The number of nitrogens with zero attached hydrogens (tertiary/aromatic N) is 2. The molecule has 1 saturated heterocycles. The Kier molecular flexibility index (Phi) is 3.66. The molecular weight excluding hydrogens is 218 g/mol. The minimum absolute atomic E-state index is 0.0195. The topological polar surface area (TPSA) is 66.6 Å². The summed E-state index contributed by atoms with van der Waals surface area (Å²) in [7, 11) is 0. The third-order valence-electron chi connectivity index (χ3n) is 3.59. The minimum Gasteiger partial charge on any atom is -0.339 e. The average molecular weight is 239 g/mol. The van der Waals surface area contributed by atoms with Crippen LogP contribution in [0.3, 0.4) is 0 Å². The molecule has 2 fully saturated rings. The second-order valence-electron chi connectivity index (χ2n) is 4.94. The smallest absolute Gasteiger partial charge is 0.239 e. The number of rotatable bonds is 3. The van der Waals surface area contributed by atoms with E-state index < -0.39 is 0 Å². The molecule has 0 bridgehead atoms. The lowest BCUT2D eigenvalue weighted by atomic mass is 10.2. The van der Waals surface area contributed by atoms with Crippen LogP contribution >= 0.6 is 0 Å². The van der Waals surface area contributed by atoms with Crippen molar-refractivity contribution < 1.29 is 9.59 Å². The van der Waals surface area contributed by atoms with Gasteiger partial charge in [-0.05, 0) is 19.3 Å². The Morgan fingerprint density at radius 1 is 1.18 bits per heavy atom. The number of piperazine rings is 1. The summed E-state index contributed by atoms with van der Waals surface area (Å²) in [5.41, 5.74) is 5.73. The average Bonchev–Trinajstić information content (AvgIpc) is 3.20. The highest BCUT2D eigenvalue weighted by Gasteiger charge is 2.35. The van der Waals surface area contributed by atoms with E-state index in [0.29, 0.717) is 32.6 Å². The van der Waals surface area contributed by atoms with E-state index >= 15 is 0 Å². The molecule has 5 heteroatoms. The fourth-order valence-electron chi connectivity index (χ4n) is 2.14. The molecule has 96 valence electrons. The summed E-state index contributed by atoms with van der Waals surface area (Å²) in [4.78, 5) is 27.3. The van der Waals surface area contributed by atoms with Gasteiger partial charge in [-0.25, -0.2) is 0 Å². The largest absolute Gasteiger partial charge is 0.339 e. The van der Waals surface area contributed by atoms with E-state index in [4.69, 9.17) is 5.73 Å². The molecule has 1 saturated carbocycles. The summed E-state index contributed by atoms with van der Waals surface area (Å²) < 4.78 is 0. The van der Waals surface area contributed by atoms with Crippen molar-refractivity contribution in [3.63, 3.8) is 0 Å². The first-order valence-electron chi connectivity index (χ1n) is 6.46. The fourth-order valence-corrected chi connectivity index (χ4v) is 2.14. The summed E-state index contributed by atoms with van der Waals surface area (Å²) in [5, 5.41) is 0. The van der Waals surface area contributed by atoms with Crippen LogP contribution in [-0.2, 0) is 9.59 Å². The van der Waals surface area contributed by atoms with Gasteiger partial charge in [0, 0.05) is 32.1 Å². The molecule has 2 rings (SSSR count). The van der Waals surface area contributed by atoms with Crippen LogP contribution in [0.15, 0.2) is 0 Å². The number of hydrogen-bond acceptors (Lipinski definition) is 3. The summed E-state index contributed by atoms with van der Waals surface area (Å²) in [5.74, 6) is 0.568. The molecule has 5 nitrogen and oxygen atoms in total. The van der Waals surface area contributed by atoms with Gasteiger partial charge >= 0.3 is 0 Å². The highest BCUT2D eigenvalue weighted by molar-refractivity contribution is 5.83. The molecule has 17 heavy (non-hydrogen) atoms. The number of carbonyl (C=O) groups excluding carboxylic acids is 2. The van der Waals surface area contributed by atoms with Crippen LogP contribution in [0.1, 0.15) is 26.2 Å². The molecule has 2 aliphatic rings. The standard InChI is InChI=1S/C12H21N3O2/c1-2-10(13)12(17)15-7-5-14(6-8-15)11(16)9-3-4-9/h9-10H,2-8,13H2,1H3/t10-/m1/s1. The van der Waals surface area contributed by atoms with E-state index in [1.54, 1.807) is 4.90 Å². The Labute approximate surface area is 102 Å². The molecule has 1 aliphatic heterocycles. The van der Waals surface area contributed by atoms with Gasteiger partial charge in [0.15, 0.2) is 0 Å². The number of nitrogens with two attached hydrogens (primary N) is 1. The van der Waals surface area contributed by atoms with E-state index in [1.165, 1.54) is 0 Å². The van der Waals surface area contributed by atoms with Gasteiger partial charge in [0.05, 0.1) is 6.04 Å². The molecule has 1 atom stereocenters. The lowest BCUT2D eigenvalue weighted by Gasteiger charge is -2.36. The van der Waals surface area contributed by atoms with Crippen molar-refractivity contribution >= 4 is 11.8 Å². The fraction of sp³-hybridized carbons (Fsp3) is 0.833. The Morgan fingerprint density at radius 3 is 2.18 bits per heavy atom. The van der Waals surface area contributed by atoms with Crippen LogP contribution in [0, 0.1) is 5.92 Å². The summed E-state index contributed by atoms with van der Waals surface area (Å²) in [6.07, 6.45) is 2.75. The van der Waals surface area contributed by atoms with Gasteiger partial charge in [-0.1, -0.05) is 6.92 Å². The second-order valence-corrected chi connectivity index (χ2v) is 4.94. The third-order valence-corrected chi connectivity index (χ3v) is 3.59. The molecule has 0 aromatic rings. The van der Waals surface area contributed by atoms with E-state index in [1.807, 2.05) is 11.8 Å². The number of carbonyl (C=O) groups is 2. The zero-order valence-electron chi connectivity index (χ0n) is 10.4. The molecule has 1 heterocycles. The Bertz CT molecular complexity index is 307. The first-order valence-corrected chi connectivity index (χ1v) is 6.46. The molecule has 0 unspecified atom stereocenters. The normalized spacial score (nSPS) is 22.5. The van der Waals surface area contributed by atoms with E-state index in [2.05, 4.69) is 0 Å². The monoisotopic (exact) mass is 239 g/mol. The highest BCUT2D eigenvalue weighted by Crippen LogP contribution is 2.31. The van der Waals surface area contributed by atoms with Crippen LogP contribution in [0.2, 0.25) is 0 Å². The SMILES string of the molecule is CC[C@@H](N)C(=O)N1CCN(C(=O)C2CC2)CC1. The van der Waals surface area contributed by atoms with E-state index in [0.717, 1.165) is 12.8 Å². The zero-order chi connectivity index (χ0) is 12.4. The molecule has 2 amide bonds. The quantitative estimate of drug-likeness (QED) is 0.742. The van der Waals surface area contributed by atoms with Gasteiger partial charge in [-0.15, -0.1) is 0 Å². The van der Waals surface area contributed by atoms with Gasteiger partial charge in [-0.2, -0.15) is 0 Å². The van der Waals surface area contributed by atoms with Crippen molar-refractivity contribution in [2.45, 2.75) is 32.2 Å². The first-order chi connectivity index (χ1) is 8.13. The first kappa shape index (κ1) is 12.4. The van der Waals surface area contributed by atoms with Gasteiger partial charge < -0.3 is 15.5 Å². The van der Waals surface area contributed by atoms with Crippen LogP contribution in [0.4, 0.5) is 0 Å². The van der Waals surface area contributed by atoms with Crippen LogP contribution in [0.25, 0.3) is 0 Å². The van der Waals surface area contributed by atoms with Crippen LogP contribution in [0.5, 0.6) is 0 Å². The second kappa shape index (κ2) is 5.04. The molecular formula is C12H21N3O2. The van der Waals surface area contributed by atoms with Gasteiger partial charge in [0.25, 0.3) is 0 Å². The minimum atomic E-state index is -0.388. The van der Waals surface area contributed by atoms with Crippen molar-refractivity contribution in [2.24, 2.45) is 11.7 Å². The summed E-state index contributed by atoms with van der Waals surface area (Å²) in [6.45, 7) is 4.50. The molecule has 0 spiro atoms. The summed E-state index contributed by atoms with van der Waals surface area (Å²) >= 11 is 0. The zero-order valence-corrected chi connectivity index (χ0v) is 10.4. The summed E-state index contributed by atoms with van der Waals surface area (Å²) in [6, 6.07) is -0.388. The Balaban J connectivity index is 1.81. The maximum absolute atomic E-state index is 11.8. The number of hydrogen-bond donors (Lipinski definition) is 1. The Hall–Kier alpha value is -1.10. The number of amides is 2. The molecule has 0 radical (unpaired) electrons. The highest BCUT2D eigenvalue weighted by atomic mass is 16.2. The Morgan fingerprint density at radius 2 is 1.71 bits per heavy atom.